The van der Waals surface area contributed by atoms with Gasteiger partial charge in [0.25, 0.3) is 0 Å². The SMILES string of the molecule is CCOC(=O)C(C)(CC)CC(C)(CC(C)C(=O)O)C(=O)OCCOC. The molecule has 0 fully saturated rings. The number of esters is 2. The first-order chi connectivity index (χ1) is 11.6. The maximum Gasteiger partial charge on any atom is 0.311 e. The van der Waals surface area contributed by atoms with Crippen molar-refractivity contribution in [3.05, 3.63) is 0 Å². The first-order valence-electron chi connectivity index (χ1n) is 8.62. The van der Waals surface area contributed by atoms with Crippen LogP contribution in [-0.2, 0) is 28.6 Å². The number of carboxylic acids is 1. The minimum atomic E-state index is -1.12. The Morgan fingerprint density at radius 2 is 1.56 bits per heavy atom. The van der Waals surface area contributed by atoms with Crippen LogP contribution < -0.4 is 0 Å². The number of carboxylic acid groups (broad SMARTS) is 1. The fourth-order valence-electron chi connectivity index (χ4n) is 2.89. The Kier molecular flexibility index (Phi) is 9.70. The molecule has 0 aromatic carbocycles. The Bertz CT molecular complexity index is 462. The summed E-state index contributed by atoms with van der Waals surface area (Å²) in [7, 11) is 1.49. The fourth-order valence-corrected chi connectivity index (χ4v) is 2.89. The highest BCUT2D eigenvalue weighted by molar-refractivity contribution is 5.81. The molecule has 25 heavy (non-hydrogen) atoms. The van der Waals surface area contributed by atoms with Gasteiger partial charge in [0.2, 0.25) is 0 Å². The average Bonchev–Trinajstić information content (AvgIpc) is 2.54. The van der Waals surface area contributed by atoms with E-state index in [2.05, 4.69) is 0 Å². The van der Waals surface area contributed by atoms with Gasteiger partial charge >= 0.3 is 17.9 Å². The molecule has 0 aliphatic rings. The van der Waals surface area contributed by atoms with E-state index in [1.807, 2.05) is 6.92 Å². The number of methoxy groups -OCH3 is 1. The predicted octanol–water partition coefficient (Wildman–Crippen LogP) is 2.66. The molecule has 146 valence electrons. The summed E-state index contributed by atoms with van der Waals surface area (Å²) in [6, 6.07) is 0. The van der Waals surface area contributed by atoms with Crippen LogP contribution >= 0.6 is 0 Å². The molecule has 1 N–H and O–H groups in total. The molecular weight excluding hydrogens is 328 g/mol. The van der Waals surface area contributed by atoms with Crippen molar-refractivity contribution in [2.45, 2.75) is 53.9 Å². The molecule has 0 aliphatic heterocycles. The van der Waals surface area contributed by atoms with Crippen molar-refractivity contribution in [2.24, 2.45) is 16.7 Å². The standard InChI is InChI=1S/C18H32O7/c1-7-17(4,15(21)24-8-2)12-18(5,11-13(3)14(19)20)16(22)25-10-9-23-6/h13H,7-12H2,1-6H3,(H,19,20). The summed E-state index contributed by atoms with van der Waals surface area (Å²) in [6.45, 7) is 9.05. The molecule has 0 amide bonds. The average molecular weight is 360 g/mol. The quantitative estimate of drug-likeness (QED) is 0.422. The molecule has 0 saturated heterocycles. The third kappa shape index (κ3) is 7.02. The molecule has 7 heteroatoms. The smallest absolute Gasteiger partial charge is 0.311 e. The van der Waals surface area contributed by atoms with E-state index in [9.17, 15) is 19.5 Å². The predicted molar refractivity (Wildman–Crippen MR) is 92.0 cm³/mol. The number of ether oxygens (including phenoxy) is 3. The minimum Gasteiger partial charge on any atom is -0.481 e. The van der Waals surface area contributed by atoms with Crippen LogP contribution in [0.3, 0.4) is 0 Å². The molecule has 0 spiro atoms. The number of carbonyl (C=O) groups excluding carboxylic acids is 2. The van der Waals surface area contributed by atoms with Crippen molar-refractivity contribution in [1.82, 2.24) is 0 Å². The van der Waals surface area contributed by atoms with Crippen LogP contribution in [0.1, 0.15) is 53.9 Å². The summed E-state index contributed by atoms with van der Waals surface area (Å²) in [5.74, 6) is -2.66. The van der Waals surface area contributed by atoms with Gasteiger partial charge in [-0.1, -0.05) is 13.8 Å². The number of rotatable bonds is 12. The van der Waals surface area contributed by atoms with Crippen molar-refractivity contribution < 1.29 is 33.7 Å². The minimum absolute atomic E-state index is 0.0726. The summed E-state index contributed by atoms with van der Waals surface area (Å²) < 4.78 is 15.3. The van der Waals surface area contributed by atoms with Gasteiger partial charge in [-0.3, -0.25) is 14.4 Å². The van der Waals surface area contributed by atoms with E-state index in [4.69, 9.17) is 14.2 Å². The van der Waals surface area contributed by atoms with Crippen molar-refractivity contribution in [2.75, 3.05) is 26.9 Å². The monoisotopic (exact) mass is 360 g/mol. The molecule has 3 unspecified atom stereocenters. The van der Waals surface area contributed by atoms with Crippen molar-refractivity contribution in [1.29, 1.82) is 0 Å². The summed E-state index contributed by atoms with van der Waals surface area (Å²) in [4.78, 5) is 36.3. The zero-order valence-corrected chi connectivity index (χ0v) is 16.2. The zero-order chi connectivity index (χ0) is 19.7. The first kappa shape index (κ1) is 23.4. The van der Waals surface area contributed by atoms with E-state index < -0.39 is 34.7 Å². The maximum atomic E-state index is 12.6. The second-order valence-electron chi connectivity index (χ2n) is 6.94. The second kappa shape index (κ2) is 10.4. The van der Waals surface area contributed by atoms with Crippen LogP contribution in [-0.4, -0.2) is 49.9 Å². The number of hydrogen-bond acceptors (Lipinski definition) is 6. The van der Waals surface area contributed by atoms with Gasteiger partial charge in [-0.25, -0.2) is 0 Å². The van der Waals surface area contributed by atoms with E-state index in [-0.39, 0.29) is 32.7 Å². The van der Waals surface area contributed by atoms with Crippen LogP contribution in [0.2, 0.25) is 0 Å². The Labute approximate surface area is 150 Å². The van der Waals surface area contributed by atoms with Gasteiger partial charge in [-0.05, 0) is 40.0 Å². The van der Waals surface area contributed by atoms with Gasteiger partial charge in [-0.15, -0.1) is 0 Å². The summed E-state index contributed by atoms with van der Waals surface area (Å²) in [5.41, 5.74) is -2.02. The third-order valence-electron chi connectivity index (χ3n) is 4.52. The van der Waals surface area contributed by atoms with Crippen LogP contribution in [0.5, 0.6) is 0 Å². The normalized spacial score (nSPS) is 17.0. The Balaban J connectivity index is 5.51. The van der Waals surface area contributed by atoms with E-state index in [0.717, 1.165) is 0 Å². The summed E-state index contributed by atoms with van der Waals surface area (Å²) >= 11 is 0. The number of carbonyl (C=O) groups is 3. The van der Waals surface area contributed by atoms with E-state index in [1.165, 1.54) is 14.0 Å². The van der Waals surface area contributed by atoms with E-state index in [0.29, 0.717) is 6.42 Å². The van der Waals surface area contributed by atoms with Crippen LogP contribution in [0.15, 0.2) is 0 Å². The molecule has 0 aromatic rings. The molecular formula is C18H32O7. The summed E-state index contributed by atoms with van der Waals surface area (Å²) in [6.07, 6.45) is 0.691. The van der Waals surface area contributed by atoms with Gasteiger partial charge in [0, 0.05) is 7.11 Å². The lowest BCUT2D eigenvalue weighted by atomic mass is 9.68. The van der Waals surface area contributed by atoms with Gasteiger partial charge in [0.05, 0.1) is 30.0 Å². The lowest BCUT2D eigenvalue weighted by Crippen LogP contribution is -2.42. The topological polar surface area (TPSA) is 99.1 Å². The van der Waals surface area contributed by atoms with Gasteiger partial charge in [0.1, 0.15) is 6.61 Å². The van der Waals surface area contributed by atoms with E-state index in [1.54, 1.807) is 20.8 Å². The van der Waals surface area contributed by atoms with Gasteiger partial charge < -0.3 is 19.3 Å². The Morgan fingerprint density at radius 1 is 1.00 bits per heavy atom. The second-order valence-corrected chi connectivity index (χ2v) is 6.94. The van der Waals surface area contributed by atoms with Gasteiger partial charge in [-0.2, -0.15) is 0 Å². The molecule has 0 heterocycles. The van der Waals surface area contributed by atoms with Crippen molar-refractivity contribution >= 4 is 17.9 Å². The highest BCUT2D eigenvalue weighted by Crippen LogP contribution is 2.42. The molecule has 0 saturated carbocycles. The largest absolute Gasteiger partial charge is 0.481 e. The number of hydrogen-bond donors (Lipinski definition) is 1. The summed E-state index contributed by atoms with van der Waals surface area (Å²) in [5, 5.41) is 9.23. The van der Waals surface area contributed by atoms with Crippen molar-refractivity contribution in [3.63, 3.8) is 0 Å². The molecule has 0 aromatic heterocycles. The van der Waals surface area contributed by atoms with Crippen LogP contribution in [0.25, 0.3) is 0 Å². The molecule has 0 aliphatic carbocycles. The lowest BCUT2D eigenvalue weighted by Gasteiger charge is -2.36. The Hall–Kier alpha value is -1.63. The highest BCUT2D eigenvalue weighted by atomic mass is 16.6. The van der Waals surface area contributed by atoms with Crippen LogP contribution in [0, 0.1) is 16.7 Å². The lowest BCUT2D eigenvalue weighted by molar-refractivity contribution is -0.166. The van der Waals surface area contributed by atoms with Gasteiger partial charge in [0.15, 0.2) is 0 Å². The zero-order valence-electron chi connectivity index (χ0n) is 16.2. The first-order valence-corrected chi connectivity index (χ1v) is 8.62. The molecule has 0 radical (unpaired) electrons. The fraction of sp³-hybridized carbons (Fsp3) is 0.833. The molecule has 0 bridgehead atoms. The molecule has 0 rings (SSSR count). The highest BCUT2D eigenvalue weighted by Gasteiger charge is 2.46. The maximum absolute atomic E-state index is 12.6. The number of aliphatic carboxylic acids is 1. The van der Waals surface area contributed by atoms with Crippen LogP contribution in [0.4, 0.5) is 0 Å². The molecule has 7 nitrogen and oxygen atoms in total. The van der Waals surface area contributed by atoms with Crippen molar-refractivity contribution in [3.8, 4) is 0 Å². The third-order valence-corrected chi connectivity index (χ3v) is 4.52. The Morgan fingerprint density at radius 3 is 2.00 bits per heavy atom. The van der Waals surface area contributed by atoms with E-state index >= 15 is 0 Å². The molecule has 3 atom stereocenters.